The molecule has 8 nitrogen and oxygen atoms in total. The fourth-order valence-corrected chi connectivity index (χ4v) is 2.47. The molecule has 0 atom stereocenters. The molecule has 0 radical (unpaired) electrons. The predicted molar refractivity (Wildman–Crippen MR) is 107 cm³/mol. The Morgan fingerprint density at radius 1 is 1.15 bits per heavy atom. The van der Waals surface area contributed by atoms with Gasteiger partial charge in [-0.1, -0.05) is 29.8 Å². The van der Waals surface area contributed by atoms with Crippen molar-refractivity contribution in [2.24, 2.45) is 0 Å². The summed E-state index contributed by atoms with van der Waals surface area (Å²) in [4.78, 5) is 13.2. The summed E-state index contributed by atoms with van der Waals surface area (Å²) in [5.74, 6) is 0.0353. The quantitative estimate of drug-likeness (QED) is 0.456. The summed E-state index contributed by atoms with van der Waals surface area (Å²) in [5, 5.41) is 15.9. The standard InChI is InChI=1S/C17H16ClN7OS/c1-11-4-2-3-5-14(11)19-17(27)22-20-15(26)10-25-23-16(21-24-25)12-6-8-13(18)9-7-12/h2-9H,10H2,1H3,(H,20,26)(H2,19,22,27). The van der Waals surface area contributed by atoms with Crippen LogP contribution in [0.3, 0.4) is 0 Å². The van der Waals surface area contributed by atoms with Crippen molar-refractivity contribution in [2.75, 3.05) is 5.32 Å². The molecule has 0 spiro atoms. The van der Waals surface area contributed by atoms with E-state index in [0.29, 0.717) is 10.8 Å². The molecule has 0 aliphatic heterocycles. The zero-order chi connectivity index (χ0) is 19.2. The van der Waals surface area contributed by atoms with E-state index in [0.717, 1.165) is 16.8 Å². The SMILES string of the molecule is Cc1ccccc1NC(=S)NNC(=O)Cn1nnc(-c2ccc(Cl)cc2)n1. The van der Waals surface area contributed by atoms with E-state index in [-0.39, 0.29) is 17.6 Å². The minimum atomic E-state index is -0.371. The number of hydrogen-bond acceptors (Lipinski definition) is 5. The highest BCUT2D eigenvalue weighted by molar-refractivity contribution is 7.80. The van der Waals surface area contributed by atoms with Crippen molar-refractivity contribution >= 4 is 40.5 Å². The highest BCUT2D eigenvalue weighted by Crippen LogP contribution is 2.16. The minimum Gasteiger partial charge on any atom is -0.331 e. The van der Waals surface area contributed by atoms with Crippen LogP contribution >= 0.6 is 23.8 Å². The molecule has 0 bridgehead atoms. The molecule has 0 unspecified atom stereocenters. The Hall–Kier alpha value is -3.04. The molecule has 3 aromatic rings. The summed E-state index contributed by atoms with van der Waals surface area (Å²) in [6.07, 6.45) is 0. The Labute approximate surface area is 165 Å². The maximum Gasteiger partial charge on any atom is 0.262 e. The van der Waals surface area contributed by atoms with Gasteiger partial charge in [0.15, 0.2) is 5.11 Å². The lowest BCUT2D eigenvalue weighted by Gasteiger charge is -2.12. The van der Waals surface area contributed by atoms with Gasteiger partial charge in [0.1, 0.15) is 6.54 Å². The van der Waals surface area contributed by atoms with E-state index in [2.05, 4.69) is 31.6 Å². The first-order chi connectivity index (χ1) is 13.0. The van der Waals surface area contributed by atoms with Crippen LogP contribution in [-0.2, 0) is 11.3 Å². The number of nitrogens with zero attached hydrogens (tertiary/aromatic N) is 4. The Morgan fingerprint density at radius 3 is 2.63 bits per heavy atom. The van der Waals surface area contributed by atoms with Crippen LogP contribution < -0.4 is 16.2 Å². The first-order valence-corrected chi connectivity index (χ1v) is 8.75. The van der Waals surface area contributed by atoms with E-state index in [1.54, 1.807) is 24.3 Å². The van der Waals surface area contributed by atoms with Crippen LogP contribution in [0.5, 0.6) is 0 Å². The largest absolute Gasteiger partial charge is 0.331 e. The molecule has 1 amide bonds. The van der Waals surface area contributed by atoms with Crippen LogP contribution in [0.15, 0.2) is 48.5 Å². The van der Waals surface area contributed by atoms with Crippen LogP contribution in [0.4, 0.5) is 5.69 Å². The van der Waals surface area contributed by atoms with Crippen molar-refractivity contribution in [2.45, 2.75) is 13.5 Å². The molecular formula is C17H16ClN7OS. The molecule has 138 valence electrons. The number of hydrogen-bond donors (Lipinski definition) is 3. The first kappa shape index (κ1) is 18.7. The van der Waals surface area contributed by atoms with Gasteiger partial charge in [-0.05, 0) is 60.3 Å². The molecule has 10 heteroatoms. The number of tetrazole rings is 1. The maximum atomic E-state index is 12.0. The number of carbonyl (C=O) groups is 1. The van der Waals surface area contributed by atoms with E-state index in [4.69, 9.17) is 23.8 Å². The number of carbonyl (C=O) groups excluding carboxylic acids is 1. The minimum absolute atomic E-state index is 0.111. The van der Waals surface area contributed by atoms with E-state index < -0.39 is 0 Å². The monoisotopic (exact) mass is 401 g/mol. The fourth-order valence-electron chi connectivity index (χ4n) is 2.19. The van der Waals surface area contributed by atoms with E-state index >= 15 is 0 Å². The van der Waals surface area contributed by atoms with Crippen LogP contribution in [0.2, 0.25) is 5.02 Å². The molecule has 3 rings (SSSR count). The van der Waals surface area contributed by atoms with Crippen molar-refractivity contribution in [1.82, 2.24) is 31.1 Å². The molecule has 0 fully saturated rings. The van der Waals surface area contributed by atoms with Crippen molar-refractivity contribution in [3.63, 3.8) is 0 Å². The van der Waals surface area contributed by atoms with Gasteiger partial charge in [-0.25, -0.2) is 0 Å². The predicted octanol–water partition coefficient (Wildman–Crippen LogP) is 2.32. The Balaban J connectivity index is 1.50. The molecule has 0 aliphatic rings. The average molecular weight is 402 g/mol. The van der Waals surface area contributed by atoms with Gasteiger partial charge in [0, 0.05) is 16.3 Å². The number of aryl methyl sites for hydroxylation is 1. The third-order valence-electron chi connectivity index (χ3n) is 3.55. The van der Waals surface area contributed by atoms with Gasteiger partial charge in [-0.3, -0.25) is 15.6 Å². The molecule has 3 N–H and O–H groups in total. The number of nitrogens with one attached hydrogen (secondary N) is 3. The second-order valence-corrected chi connectivity index (χ2v) is 6.44. The van der Waals surface area contributed by atoms with Gasteiger partial charge in [0.2, 0.25) is 5.82 Å². The summed E-state index contributed by atoms with van der Waals surface area (Å²) in [7, 11) is 0. The summed E-state index contributed by atoms with van der Waals surface area (Å²) < 4.78 is 0. The Kier molecular flexibility index (Phi) is 5.94. The zero-order valence-corrected chi connectivity index (χ0v) is 15.9. The number of hydrazine groups is 1. The number of thiocarbonyl (C=S) groups is 1. The van der Waals surface area contributed by atoms with Crippen LogP contribution in [0, 0.1) is 6.92 Å². The summed E-state index contributed by atoms with van der Waals surface area (Å²) in [6, 6.07) is 14.7. The van der Waals surface area contributed by atoms with Gasteiger partial charge >= 0.3 is 0 Å². The Bertz CT molecular complexity index is 958. The molecule has 0 saturated carbocycles. The maximum absolute atomic E-state index is 12.0. The van der Waals surface area contributed by atoms with Gasteiger partial charge < -0.3 is 5.32 Å². The number of rotatable bonds is 4. The lowest BCUT2D eigenvalue weighted by molar-refractivity contribution is -0.122. The van der Waals surface area contributed by atoms with E-state index in [1.807, 2.05) is 31.2 Å². The number of aromatic nitrogens is 4. The highest BCUT2D eigenvalue weighted by Gasteiger charge is 2.10. The van der Waals surface area contributed by atoms with Crippen molar-refractivity contribution in [1.29, 1.82) is 0 Å². The summed E-state index contributed by atoms with van der Waals surface area (Å²) >= 11 is 11.0. The smallest absolute Gasteiger partial charge is 0.262 e. The molecule has 1 aromatic heterocycles. The molecule has 27 heavy (non-hydrogen) atoms. The van der Waals surface area contributed by atoms with E-state index in [9.17, 15) is 4.79 Å². The number of para-hydroxylation sites is 1. The van der Waals surface area contributed by atoms with Gasteiger partial charge in [-0.15, -0.1) is 10.2 Å². The summed E-state index contributed by atoms with van der Waals surface area (Å²) in [6.45, 7) is 1.85. The van der Waals surface area contributed by atoms with Crippen molar-refractivity contribution < 1.29 is 4.79 Å². The van der Waals surface area contributed by atoms with Gasteiger partial charge in [-0.2, -0.15) is 4.80 Å². The first-order valence-electron chi connectivity index (χ1n) is 7.96. The van der Waals surface area contributed by atoms with Crippen LogP contribution in [-0.4, -0.2) is 31.2 Å². The molecule has 0 saturated heterocycles. The molecule has 1 heterocycles. The number of halogens is 1. The highest BCUT2D eigenvalue weighted by atomic mass is 35.5. The van der Waals surface area contributed by atoms with Crippen molar-refractivity contribution in [3.05, 3.63) is 59.1 Å². The van der Waals surface area contributed by atoms with Gasteiger partial charge in [0.25, 0.3) is 5.91 Å². The summed E-state index contributed by atoms with van der Waals surface area (Å²) in [5.41, 5.74) is 7.78. The van der Waals surface area contributed by atoms with E-state index in [1.165, 1.54) is 4.80 Å². The van der Waals surface area contributed by atoms with Crippen LogP contribution in [0.25, 0.3) is 11.4 Å². The lowest BCUT2D eigenvalue weighted by atomic mass is 10.2. The second-order valence-electron chi connectivity index (χ2n) is 5.59. The third kappa shape index (κ3) is 5.22. The fraction of sp³-hybridized carbons (Fsp3) is 0.118. The molecule has 0 aliphatic carbocycles. The number of benzene rings is 2. The number of anilines is 1. The molecular weight excluding hydrogens is 386 g/mol. The topological polar surface area (TPSA) is 96.8 Å². The van der Waals surface area contributed by atoms with Crippen molar-refractivity contribution in [3.8, 4) is 11.4 Å². The average Bonchev–Trinajstić information content (AvgIpc) is 3.11. The lowest BCUT2D eigenvalue weighted by Crippen LogP contribution is -2.45. The second kappa shape index (κ2) is 8.56. The van der Waals surface area contributed by atoms with Crippen LogP contribution in [0.1, 0.15) is 5.56 Å². The zero-order valence-electron chi connectivity index (χ0n) is 14.3. The Morgan fingerprint density at radius 2 is 1.89 bits per heavy atom. The molecule has 2 aromatic carbocycles. The van der Waals surface area contributed by atoms with Gasteiger partial charge in [0.05, 0.1) is 0 Å². The third-order valence-corrected chi connectivity index (χ3v) is 4.01. The normalized spacial score (nSPS) is 10.3. The number of amides is 1.